The number of fused-ring (bicyclic) bond motifs is 1. The number of methoxy groups -OCH3 is 1. The number of rotatable bonds is 7. The fourth-order valence-electron chi connectivity index (χ4n) is 3.27. The van der Waals surface area contributed by atoms with Gasteiger partial charge in [-0.25, -0.2) is 0 Å². The maximum absolute atomic E-state index is 13.5. The largest absolute Gasteiger partial charge is 0.495 e. The Bertz CT molecular complexity index is 996. The molecule has 1 aromatic heterocycles. The van der Waals surface area contributed by atoms with Crippen LogP contribution in [0.2, 0.25) is 0 Å². The van der Waals surface area contributed by atoms with Gasteiger partial charge in [0.1, 0.15) is 11.3 Å². The molecule has 0 aliphatic heterocycles. The molecule has 4 nitrogen and oxygen atoms in total. The van der Waals surface area contributed by atoms with E-state index in [1.165, 1.54) is 7.11 Å². The maximum Gasteiger partial charge on any atom is 0.178 e. The molecule has 0 saturated carbocycles. The Hall–Kier alpha value is -3.14. The Morgan fingerprint density at radius 1 is 1.07 bits per heavy atom. The van der Waals surface area contributed by atoms with Crippen LogP contribution in [0.15, 0.2) is 71.9 Å². The third kappa shape index (κ3) is 3.31. The first kappa shape index (κ1) is 18.6. The van der Waals surface area contributed by atoms with Crippen molar-refractivity contribution in [2.75, 3.05) is 7.11 Å². The van der Waals surface area contributed by atoms with Crippen LogP contribution in [-0.2, 0) is 0 Å². The first-order chi connectivity index (χ1) is 12.9. The summed E-state index contributed by atoms with van der Waals surface area (Å²) in [6.07, 6.45) is 3.20. The number of ether oxygens (including phenoxy) is 1. The summed E-state index contributed by atoms with van der Waals surface area (Å²) in [6.45, 7) is 7.52. The summed E-state index contributed by atoms with van der Waals surface area (Å²) in [5.41, 5.74) is 0.738. The van der Waals surface area contributed by atoms with Crippen molar-refractivity contribution in [1.82, 2.24) is 0 Å². The van der Waals surface area contributed by atoms with Gasteiger partial charge in [-0.2, -0.15) is 0 Å². The van der Waals surface area contributed by atoms with Crippen LogP contribution < -0.4 is 4.74 Å². The topological polar surface area (TPSA) is 56.5 Å². The molecule has 0 N–H and O–H groups in total. The van der Waals surface area contributed by atoms with Crippen molar-refractivity contribution in [3.63, 3.8) is 0 Å². The van der Waals surface area contributed by atoms with Crippen LogP contribution in [0.4, 0.5) is 0 Å². The number of carbonyl (C=O) groups excluding carboxylic acids is 2. The third-order valence-electron chi connectivity index (χ3n) is 4.91. The summed E-state index contributed by atoms with van der Waals surface area (Å²) in [7, 11) is 1.51. The molecule has 0 bridgehead atoms. The second-order valence-corrected chi connectivity index (χ2v) is 7.03. The smallest absolute Gasteiger partial charge is 0.178 e. The molecular formula is C23H22O4. The van der Waals surface area contributed by atoms with Gasteiger partial charge in [0, 0.05) is 5.56 Å². The Labute approximate surface area is 158 Å². The van der Waals surface area contributed by atoms with Crippen molar-refractivity contribution in [3.05, 3.63) is 78.6 Å². The average Bonchev–Trinajstić information content (AvgIpc) is 3.16. The predicted molar refractivity (Wildman–Crippen MR) is 105 cm³/mol. The highest BCUT2D eigenvalue weighted by Crippen LogP contribution is 2.38. The molecule has 0 aliphatic rings. The zero-order chi connectivity index (χ0) is 19.6. The number of ketones is 2. The Morgan fingerprint density at radius 3 is 2.41 bits per heavy atom. The zero-order valence-corrected chi connectivity index (χ0v) is 15.7. The minimum Gasteiger partial charge on any atom is -0.495 e. The van der Waals surface area contributed by atoms with Crippen LogP contribution in [-0.4, -0.2) is 18.7 Å². The van der Waals surface area contributed by atoms with Crippen LogP contribution >= 0.6 is 0 Å². The molecule has 2 aromatic carbocycles. The summed E-state index contributed by atoms with van der Waals surface area (Å²) in [5.74, 6) is -1.04. The number of furan rings is 1. The quantitative estimate of drug-likeness (QED) is 0.324. The SMILES string of the molecule is C=CC(C)(C)[C@@H](C(=O)c1ccccc1)C(=O)c1ccc2occc2c1OC. The van der Waals surface area contributed by atoms with E-state index in [2.05, 4.69) is 6.58 Å². The van der Waals surface area contributed by atoms with Crippen molar-refractivity contribution in [1.29, 1.82) is 0 Å². The van der Waals surface area contributed by atoms with Gasteiger partial charge in [-0.05, 0) is 23.6 Å². The second-order valence-electron chi connectivity index (χ2n) is 7.03. The van der Waals surface area contributed by atoms with Crippen LogP contribution in [0.1, 0.15) is 34.6 Å². The average molecular weight is 362 g/mol. The highest BCUT2D eigenvalue weighted by atomic mass is 16.5. The number of benzene rings is 2. The van der Waals surface area contributed by atoms with E-state index in [1.807, 2.05) is 19.9 Å². The molecule has 3 rings (SSSR count). The molecule has 0 saturated heterocycles. The van der Waals surface area contributed by atoms with E-state index in [0.717, 1.165) is 0 Å². The van der Waals surface area contributed by atoms with E-state index >= 15 is 0 Å². The number of allylic oxidation sites excluding steroid dienone is 1. The highest BCUT2D eigenvalue weighted by Gasteiger charge is 2.40. The van der Waals surface area contributed by atoms with Gasteiger partial charge < -0.3 is 9.15 Å². The predicted octanol–water partition coefficient (Wildman–Crippen LogP) is 5.34. The standard InChI is InChI=1S/C23H22O4/c1-5-23(2,3)19(20(24)15-9-7-6-8-10-15)21(25)17-11-12-18-16(13-14-27-18)22(17)26-4/h5-14,19H,1H2,2-4H3/t19-/m0/s1. The van der Waals surface area contributed by atoms with Crippen molar-refractivity contribution in [2.24, 2.45) is 11.3 Å². The van der Waals surface area contributed by atoms with Crippen molar-refractivity contribution in [2.45, 2.75) is 13.8 Å². The molecule has 0 spiro atoms. The number of carbonyl (C=O) groups is 2. The molecule has 0 aliphatic carbocycles. The minimum absolute atomic E-state index is 0.236. The van der Waals surface area contributed by atoms with Gasteiger partial charge in [0.2, 0.25) is 0 Å². The lowest BCUT2D eigenvalue weighted by atomic mass is 9.71. The molecule has 0 amide bonds. The molecule has 4 heteroatoms. The van der Waals surface area contributed by atoms with Crippen molar-refractivity contribution >= 4 is 22.5 Å². The Morgan fingerprint density at radius 2 is 1.78 bits per heavy atom. The van der Waals surface area contributed by atoms with Crippen LogP contribution in [0.5, 0.6) is 5.75 Å². The Kier molecular flexibility index (Phi) is 5.00. The zero-order valence-electron chi connectivity index (χ0n) is 15.7. The third-order valence-corrected chi connectivity index (χ3v) is 4.91. The molecule has 1 atom stereocenters. The number of Topliss-reactive ketones (excluding diaryl/α,β-unsaturated/α-hetero) is 2. The maximum atomic E-state index is 13.5. The van der Waals surface area contributed by atoms with E-state index in [1.54, 1.807) is 54.8 Å². The lowest BCUT2D eigenvalue weighted by Gasteiger charge is -2.29. The van der Waals surface area contributed by atoms with Gasteiger partial charge in [0.15, 0.2) is 11.6 Å². The monoisotopic (exact) mass is 362 g/mol. The van der Waals surface area contributed by atoms with Gasteiger partial charge >= 0.3 is 0 Å². The minimum atomic E-state index is -0.921. The highest BCUT2D eigenvalue weighted by molar-refractivity contribution is 6.18. The lowest BCUT2D eigenvalue weighted by Crippen LogP contribution is -2.36. The molecule has 3 aromatic rings. The number of hydrogen-bond donors (Lipinski definition) is 0. The van der Waals surface area contributed by atoms with Crippen LogP contribution in [0, 0.1) is 11.3 Å². The van der Waals surface area contributed by atoms with Crippen LogP contribution in [0.3, 0.4) is 0 Å². The summed E-state index contributed by atoms with van der Waals surface area (Å²) >= 11 is 0. The normalized spacial score (nSPS) is 12.6. The number of hydrogen-bond acceptors (Lipinski definition) is 4. The Balaban J connectivity index is 2.14. The fourth-order valence-corrected chi connectivity index (χ4v) is 3.27. The van der Waals surface area contributed by atoms with Gasteiger partial charge in [-0.1, -0.05) is 50.3 Å². The fraction of sp³-hybridized carbons (Fsp3) is 0.217. The first-order valence-corrected chi connectivity index (χ1v) is 8.72. The van der Waals surface area contributed by atoms with Crippen molar-refractivity contribution < 1.29 is 18.7 Å². The lowest BCUT2D eigenvalue weighted by molar-refractivity contribution is 0.0718. The summed E-state index contributed by atoms with van der Waals surface area (Å²) in [4.78, 5) is 26.8. The second kappa shape index (κ2) is 7.23. The molecule has 1 heterocycles. The van der Waals surface area contributed by atoms with Gasteiger partial charge in [-0.15, -0.1) is 6.58 Å². The van der Waals surface area contributed by atoms with E-state index in [4.69, 9.17) is 9.15 Å². The summed E-state index contributed by atoms with van der Waals surface area (Å²) in [5, 5.41) is 0.700. The van der Waals surface area contributed by atoms with Gasteiger partial charge in [0.05, 0.1) is 30.2 Å². The van der Waals surface area contributed by atoms with Crippen LogP contribution in [0.25, 0.3) is 11.0 Å². The summed E-state index contributed by atoms with van der Waals surface area (Å²) < 4.78 is 10.9. The molecule has 138 valence electrons. The van der Waals surface area contributed by atoms with Crippen molar-refractivity contribution in [3.8, 4) is 5.75 Å². The molecule has 0 fully saturated rings. The van der Waals surface area contributed by atoms with E-state index in [0.29, 0.717) is 27.8 Å². The van der Waals surface area contributed by atoms with Gasteiger partial charge in [0.25, 0.3) is 0 Å². The summed E-state index contributed by atoms with van der Waals surface area (Å²) in [6, 6.07) is 14.0. The van der Waals surface area contributed by atoms with E-state index in [-0.39, 0.29) is 11.6 Å². The van der Waals surface area contributed by atoms with E-state index in [9.17, 15) is 9.59 Å². The van der Waals surface area contributed by atoms with Gasteiger partial charge in [-0.3, -0.25) is 9.59 Å². The molecule has 27 heavy (non-hydrogen) atoms. The molecule has 0 unspecified atom stereocenters. The first-order valence-electron chi connectivity index (χ1n) is 8.72. The molecular weight excluding hydrogens is 340 g/mol. The molecule has 0 radical (unpaired) electrons. The van der Waals surface area contributed by atoms with E-state index < -0.39 is 11.3 Å².